The molecule has 0 bridgehead atoms. The molecule has 4 N–H and O–H groups in total. The molecule has 0 atom stereocenters. The molecule has 0 fully saturated rings. The first-order valence-electron chi connectivity index (χ1n) is 20.7. The Kier molecular flexibility index (Phi) is 25.5. The molecule has 0 aliphatic heterocycles. The van der Waals surface area contributed by atoms with Gasteiger partial charge in [0.05, 0.1) is 0 Å². The van der Waals surface area contributed by atoms with E-state index in [0.717, 1.165) is 67.7 Å². The maximum absolute atomic E-state index is 12.5. The Morgan fingerprint density at radius 2 is 0.765 bits per heavy atom. The molecule has 0 aliphatic rings. The highest BCUT2D eigenvalue weighted by atomic mass is 16.2. The molecule has 0 aromatic heterocycles. The van der Waals surface area contributed by atoms with E-state index >= 15 is 0 Å². The summed E-state index contributed by atoms with van der Waals surface area (Å²) in [6.07, 6.45) is 20.4. The monoisotopic (exact) mass is 707 g/mol. The smallest absolute Gasteiger partial charge is 0.319 e. The molecular weight excluding hydrogens is 633 g/mol. The van der Waals surface area contributed by atoms with Crippen LogP contribution in [-0.2, 0) is 6.42 Å². The Hall–Kier alpha value is -3.10. The highest BCUT2D eigenvalue weighted by molar-refractivity contribution is 5.89. The summed E-state index contributed by atoms with van der Waals surface area (Å²) in [6.45, 7) is 17.4. The van der Waals surface area contributed by atoms with Gasteiger partial charge in [0.2, 0.25) is 0 Å². The first-order valence-corrected chi connectivity index (χ1v) is 20.7. The van der Waals surface area contributed by atoms with Crippen LogP contribution >= 0.6 is 0 Å². The zero-order valence-electron chi connectivity index (χ0n) is 33.0. The van der Waals surface area contributed by atoms with E-state index < -0.39 is 0 Å². The average Bonchev–Trinajstić information content (AvgIpc) is 3.13. The molecule has 8 heteroatoms. The highest BCUT2D eigenvalue weighted by Crippen LogP contribution is 2.16. The van der Waals surface area contributed by atoms with Gasteiger partial charge in [-0.15, -0.1) is 0 Å². The maximum Gasteiger partial charge on any atom is 0.319 e. The van der Waals surface area contributed by atoms with E-state index in [1.165, 1.54) is 103 Å². The van der Waals surface area contributed by atoms with Crippen LogP contribution in [0.1, 0.15) is 142 Å². The van der Waals surface area contributed by atoms with Gasteiger partial charge in [-0.1, -0.05) is 103 Å². The molecule has 8 nitrogen and oxygen atoms in total. The van der Waals surface area contributed by atoms with Crippen molar-refractivity contribution in [1.29, 1.82) is 0 Å². The Bertz CT molecular complexity index is 1050. The van der Waals surface area contributed by atoms with Crippen LogP contribution in [-0.4, -0.2) is 74.2 Å². The lowest BCUT2D eigenvalue weighted by molar-refractivity contribution is 0.248. The Balaban J connectivity index is 1.62. The third-order valence-corrected chi connectivity index (χ3v) is 9.52. The molecule has 0 radical (unpaired) electrons. The lowest BCUT2D eigenvalue weighted by atomic mass is 10.0. The zero-order chi connectivity index (χ0) is 36.8. The van der Waals surface area contributed by atoms with Gasteiger partial charge in [-0.3, -0.25) is 0 Å². The van der Waals surface area contributed by atoms with E-state index in [9.17, 15) is 9.59 Å². The molecule has 0 aliphatic carbocycles. The van der Waals surface area contributed by atoms with E-state index in [0.29, 0.717) is 13.1 Å². The van der Waals surface area contributed by atoms with Crippen LogP contribution in [0.25, 0.3) is 0 Å². The first-order chi connectivity index (χ1) is 25.0. The summed E-state index contributed by atoms with van der Waals surface area (Å²) in [5.41, 5.74) is 3.90. The van der Waals surface area contributed by atoms with E-state index in [2.05, 4.69) is 83.0 Å². The number of benzene rings is 2. The van der Waals surface area contributed by atoms with Crippen molar-refractivity contribution in [2.24, 2.45) is 0 Å². The fraction of sp³-hybridized carbons (Fsp3) is 0.674. The number of nitrogens with zero attached hydrogens (tertiary/aromatic N) is 2. The maximum atomic E-state index is 12.5. The third-order valence-electron chi connectivity index (χ3n) is 9.52. The van der Waals surface area contributed by atoms with Crippen molar-refractivity contribution in [1.82, 2.24) is 20.4 Å². The summed E-state index contributed by atoms with van der Waals surface area (Å²) in [5, 5.41) is 11.9. The van der Waals surface area contributed by atoms with E-state index in [4.69, 9.17) is 0 Å². The van der Waals surface area contributed by atoms with Gasteiger partial charge in [0.15, 0.2) is 0 Å². The summed E-state index contributed by atoms with van der Waals surface area (Å²) in [6, 6.07) is 15.7. The topological polar surface area (TPSA) is 88.7 Å². The van der Waals surface area contributed by atoms with Crippen molar-refractivity contribution in [2.75, 3.05) is 63.0 Å². The standard InChI is InChI=1S/C43H74N6O2/c1-5-9-13-17-33-48(31-11-7-3)35-19-15-29-44-42(50)46-40-25-21-38(22-26-40)37-39-23-27-41(28-24-39)47-43(51)45-30-16-20-36-49(32-12-8-4)34-18-14-10-6-2/h21-28H,5-20,29-37H2,1-4H3,(H2,44,46,50)(H2,45,47,51). The number of nitrogens with one attached hydrogen (secondary N) is 4. The van der Waals surface area contributed by atoms with E-state index in [-0.39, 0.29) is 12.1 Å². The average molecular weight is 707 g/mol. The molecule has 0 unspecified atom stereocenters. The first kappa shape index (κ1) is 44.1. The molecule has 0 heterocycles. The second-order valence-electron chi connectivity index (χ2n) is 14.3. The van der Waals surface area contributed by atoms with Crippen LogP contribution in [0.15, 0.2) is 48.5 Å². The minimum Gasteiger partial charge on any atom is -0.338 e. The van der Waals surface area contributed by atoms with Gasteiger partial charge < -0.3 is 31.1 Å². The number of carbonyl (C=O) groups excluding carboxylic acids is 2. The highest BCUT2D eigenvalue weighted by Gasteiger charge is 2.08. The lowest BCUT2D eigenvalue weighted by Crippen LogP contribution is -2.31. The van der Waals surface area contributed by atoms with Crippen molar-refractivity contribution in [3.05, 3.63) is 59.7 Å². The number of anilines is 2. The summed E-state index contributed by atoms with van der Waals surface area (Å²) in [7, 11) is 0. The van der Waals surface area contributed by atoms with Gasteiger partial charge >= 0.3 is 12.1 Å². The Labute approximate surface area is 312 Å². The summed E-state index contributed by atoms with van der Waals surface area (Å²) >= 11 is 0. The number of unbranched alkanes of at least 4 members (excludes halogenated alkanes) is 10. The molecule has 0 saturated heterocycles. The van der Waals surface area contributed by atoms with Crippen molar-refractivity contribution in [3.8, 4) is 0 Å². The Morgan fingerprint density at radius 3 is 1.12 bits per heavy atom. The van der Waals surface area contributed by atoms with Crippen LogP contribution in [0.3, 0.4) is 0 Å². The van der Waals surface area contributed by atoms with Crippen LogP contribution in [0, 0.1) is 0 Å². The van der Waals surface area contributed by atoms with Gasteiger partial charge in [-0.25, -0.2) is 9.59 Å². The summed E-state index contributed by atoms with van der Waals surface area (Å²) < 4.78 is 0. The van der Waals surface area contributed by atoms with Gasteiger partial charge in [-0.2, -0.15) is 0 Å². The molecule has 0 saturated carbocycles. The van der Waals surface area contributed by atoms with Crippen molar-refractivity contribution < 1.29 is 9.59 Å². The molecule has 4 amide bonds. The predicted octanol–water partition coefficient (Wildman–Crippen LogP) is 10.4. The minimum absolute atomic E-state index is 0.153. The normalized spacial score (nSPS) is 11.3. The van der Waals surface area contributed by atoms with Crippen molar-refractivity contribution in [2.45, 2.75) is 137 Å². The lowest BCUT2D eigenvalue weighted by Gasteiger charge is -2.22. The van der Waals surface area contributed by atoms with Crippen LogP contribution < -0.4 is 21.3 Å². The van der Waals surface area contributed by atoms with Crippen LogP contribution in [0.5, 0.6) is 0 Å². The second kappa shape index (κ2) is 29.5. The number of amides is 4. The molecule has 288 valence electrons. The molecule has 2 rings (SSSR count). The largest absolute Gasteiger partial charge is 0.338 e. The third kappa shape index (κ3) is 22.4. The zero-order valence-corrected chi connectivity index (χ0v) is 33.0. The summed E-state index contributed by atoms with van der Waals surface area (Å²) in [4.78, 5) is 30.1. The number of rotatable bonds is 30. The molecule has 2 aromatic rings. The van der Waals surface area contributed by atoms with Gasteiger partial charge in [0.1, 0.15) is 0 Å². The van der Waals surface area contributed by atoms with Crippen LogP contribution in [0.4, 0.5) is 21.0 Å². The number of carbonyl (C=O) groups is 2. The quantitative estimate of drug-likeness (QED) is 0.0609. The number of urea groups is 2. The fourth-order valence-electron chi connectivity index (χ4n) is 6.28. The SMILES string of the molecule is CCCCCCN(CCCC)CCCCNC(=O)Nc1ccc(Cc2ccc(NC(=O)NCCCCN(CCCC)CCCCCC)cc2)cc1. The predicted molar refractivity (Wildman–Crippen MR) is 219 cm³/mol. The van der Waals surface area contributed by atoms with Crippen molar-refractivity contribution in [3.63, 3.8) is 0 Å². The Morgan fingerprint density at radius 1 is 0.431 bits per heavy atom. The van der Waals surface area contributed by atoms with Gasteiger partial charge in [-0.05, 0) is 132 Å². The van der Waals surface area contributed by atoms with Crippen molar-refractivity contribution >= 4 is 23.4 Å². The second-order valence-corrected chi connectivity index (χ2v) is 14.3. The molecular formula is C43H74N6O2. The number of hydrogen-bond donors (Lipinski definition) is 4. The molecule has 51 heavy (non-hydrogen) atoms. The summed E-state index contributed by atoms with van der Waals surface area (Å²) in [5.74, 6) is 0. The van der Waals surface area contributed by atoms with E-state index in [1.54, 1.807) is 0 Å². The fourth-order valence-corrected chi connectivity index (χ4v) is 6.28. The van der Waals surface area contributed by atoms with Gasteiger partial charge in [0.25, 0.3) is 0 Å². The van der Waals surface area contributed by atoms with E-state index in [1.807, 2.05) is 24.3 Å². The minimum atomic E-state index is -0.153. The van der Waals surface area contributed by atoms with Crippen LogP contribution in [0.2, 0.25) is 0 Å². The van der Waals surface area contributed by atoms with Gasteiger partial charge in [0, 0.05) is 24.5 Å². The number of hydrogen-bond acceptors (Lipinski definition) is 4. The molecule has 2 aromatic carbocycles. The molecule has 0 spiro atoms.